The van der Waals surface area contributed by atoms with Crippen molar-refractivity contribution in [1.29, 1.82) is 0 Å². The Morgan fingerprint density at radius 3 is 1.40 bits per heavy atom. The first-order valence-electron chi connectivity index (χ1n) is 5.89. The zero-order valence-electron chi connectivity index (χ0n) is 10.2. The molecular formula is C8H8B4F2N2O4. The highest BCUT2D eigenvalue weighted by Crippen LogP contribution is 2.09. The van der Waals surface area contributed by atoms with Crippen LogP contribution in [0.4, 0.5) is 8.63 Å². The molecule has 0 atom stereocenters. The zero-order chi connectivity index (χ0) is 13.9. The third-order valence-electron chi connectivity index (χ3n) is 2.67. The lowest BCUT2D eigenvalue weighted by Gasteiger charge is -2.23. The van der Waals surface area contributed by atoms with E-state index in [1.54, 1.807) is 36.7 Å². The van der Waals surface area contributed by atoms with Gasteiger partial charge in [0.2, 0.25) is 0 Å². The first-order chi connectivity index (χ1) is 9.72. The van der Waals surface area contributed by atoms with E-state index in [1.807, 2.05) is 0 Å². The molecule has 20 heavy (non-hydrogen) atoms. The summed E-state index contributed by atoms with van der Waals surface area (Å²) in [6.45, 7) is 0. The molecule has 2 aliphatic heterocycles. The van der Waals surface area contributed by atoms with Gasteiger partial charge in [-0.3, -0.25) is 8.63 Å². The summed E-state index contributed by atoms with van der Waals surface area (Å²) < 4.78 is 42.1. The Bertz CT molecular complexity index is 470. The van der Waals surface area contributed by atoms with Gasteiger partial charge in [0.15, 0.2) is 0 Å². The summed E-state index contributed by atoms with van der Waals surface area (Å²) in [5.41, 5.74) is 1.49. The first kappa shape index (κ1) is 13.5. The van der Waals surface area contributed by atoms with Crippen molar-refractivity contribution in [3.8, 4) is 0 Å². The molecule has 0 bridgehead atoms. The fourth-order valence-corrected chi connectivity index (χ4v) is 1.68. The summed E-state index contributed by atoms with van der Waals surface area (Å²) >= 11 is 0. The Morgan fingerprint density at radius 1 is 0.750 bits per heavy atom. The van der Waals surface area contributed by atoms with Crippen molar-refractivity contribution >= 4 is 40.2 Å². The van der Waals surface area contributed by atoms with Crippen molar-refractivity contribution < 1.29 is 26.9 Å². The predicted octanol–water partition coefficient (Wildman–Crippen LogP) is -0.578. The van der Waals surface area contributed by atoms with Crippen LogP contribution in [-0.4, -0.2) is 39.0 Å². The molecule has 2 aromatic heterocycles. The van der Waals surface area contributed by atoms with Crippen LogP contribution in [0.1, 0.15) is 0 Å². The molecule has 0 unspecified atom stereocenters. The molecule has 100 valence electrons. The number of hydrogen-bond acceptors (Lipinski definition) is 4. The predicted molar refractivity (Wildman–Crippen MR) is 70.4 cm³/mol. The smallest absolute Gasteiger partial charge is 0.418 e. The lowest BCUT2D eigenvalue weighted by atomic mass is 9.76. The zero-order valence-corrected chi connectivity index (χ0v) is 10.2. The Morgan fingerprint density at radius 2 is 1.15 bits per heavy atom. The molecule has 12 heteroatoms. The molecule has 2 aliphatic rings. The Balaban J connectivity index is 0.000000121. The van der Waals surface area contributed by atoms with E-state index in [2.05, 4.69) is 28.3 Å². The molecule has 0 aromatic carbocycles. The molecular weight excluding hydrogens is 269 g/mol. The van der Waals surface area contributed by atoms with Gasteiger partial charge < -0.3 is 28.3 Å². The topological polar surface area (TPSA) is 68.5 Å². The minimum Gasteiger partial charge on any atom is -0.418 e. The lowest BCUT2D eigenvalue weighted by molar-refractivity contribution is 0.242. The third kappa shape index (κ3) is 2.98. The van der Waals surface area contributed by atoms with Crippen molar-refractivity contribution in [2.75, 3.05) is 0 Å². The Kier molecular flexibility index (Phi) is 3.97. The fraction of sp³-hybridized carbons (Fsp3) is 0. The molecule has 0 radical (unpaired) electrons. The summed E-state index contributed by atoms with van der Waals surface area (Å²) in [4.78, 5) is 5.69. The molecule has 0 amide bonds. The van der Waals surface area contributed by atoms with Crippen LogP contribution in [0.15, 0.2) is 36.7 Å². The minimum atomic E-state index is -1.55. The lowest BCUT2D eigenvalue weighted by Crippen LogP contribution is -2.54. The van der Waals surface area contributed by atoms with Crippen LogP contribution in [0, 0.1) is 0 Å². The van der Waals surface area contributed by atoms with E-state index in [-0.39, 0.29) is 0 Å². The molecule has 2 N–H and O–H groups in total. The van der Waals surface area contributed by atoms with Gasteiger partial charge in [0.05, 0.1) is 0 Å². The quantitative estimate of drug-likeness (QED) is 0.721. The van der Waals surface area contributed by atoms with Gasteiger partial charge in [-0.05, 0) is 24.3 Å². The maximum atomic E-state index is 11.9. The number of nitrogens with one attached hydrogen (secondary N) is 2. The van der Waals surface area contributed by atoms with E-state index < -0.39 is 29.0 Å². The highest BCUT2D eigenvalue weighted by molar-refractivity contribution is 6.78. The number of aromatic amines is 2. The molecule has 0 aliphatic carbocycles. The monoisotopic (exact) mass is 278 g/mol. The molecule has 2 aromatic rings. The third-order valence-corrected chi connectivity index (χ3v) is 2.67. The number of hydrogen-bond donors (Lipinski definition) is 2. The van der Waals surface area contributed by atoms with E-state index in [4.69, 9.17) is 0 Å². The van der Waals surface area contributed by atoms with Crippen LogP contribution in [0.25, 0.3) is 0 Å². The van der Waals surface area contributed by atoms with Crippen LogP contribution in [-0.2, 0) is 18.3 Å². The van der Waals surface area contributed by atoms with Gasteiger partial charge in [-0.1, -0.05) is 0 Å². The van der Waals surface area contributed by atoms with Crippen LogP contribution in [0.2, 0.25) is 0 Å². The molecule has 0 spiro atoms. The van der Waals surface area contributed by atoms with Crippen molar-refractivity contribution in [2.45, 2.75) is 0 Å². The summed E-state index contributed by atoms with van der Waals surface area (Å²) in [5, 5.41) is 0. The summed E-state index contributed by atoms with van der Waals surface area (Å²) in [6, 6.07) is 7.15. The van der Waals surface area contributed by atoms with E-state index in [1.165, 1.54) is 0 Å². The average molecular weight is 277 g/mol. The second kappa shape index (κ2) is 5.88. The van der Waals surface area contributed by atoms with E-state index in [9.17, 15) is 8.63 Å². The normalized spacial score (nSPS) is 17.3. The maximum absolute atomic E-state index is 11.9. The largest absolute Gasteiger partial charge is 0.652 e. The SMILES string of the molecule is FB1OB(c2ccc[nH]2)O1.FB1OB(c2ccc[nH]2)O1. The van der Waals surface area contributed by atoms with Crippen LogP contribution in [0.3, 0.4) is 0 Å². The molecule has 2 fully saturated rings. The number of rotatable bonds is 2. The van der Waals surface area contributed by atoms with Crippen molar-refractivity contribution in [1.82, 2.24) is 9.97 Å². The second-order valence-corrected chi connectivity index (χ2v) is 4.01. The van der Waals surface area contributed by atoms with Gasteiger partial charge in [0, 0.05) is 23.6 Å². The first-order valence-corrected chi connectivity index (χ1v) is 5.89. The summed E-state index contributed by atoms with van der Waals surface area (Å²) in [6.07, 6.45) is 3.46. The van der Waals surface area contributed by atoms with Gasteiger partial charge in [-0.2, -0.15) is 0 Å². The van der Waals surface area contributed by atoms with Gasteiger partial charge in [-0.25, -0.2) is 0 Å². The average Bonchev–Trinajstić information content (AvgIpc) is 3.04. The van der Waals surface area contributed by atoms with Gasteiger partial charge >= 0.3 is 29.0 Å². The highest BCUT2D eigenvalue weighted by atomic mass is 19.1. The Labute approximate surface area is 114 Å². The van der Waals surface area contributed by atoms with E-state index >= 15 is 0 Å². The van der Waals surface area contributed by atoms with Crippen LogP contribution in [0.5, 0.6) is 0 Å². The minimum absolute atomic E-state index is 0.537. The van der Waals surface area contributed by atoms with Crippen LogP contribution >= 0.6 is 0 Å². The number of halogens is 2. The molecule has 6 nitrogen and oxygen atoms in total. The van der Waals surface area contributed by atoms with Gasteiger partial charge in [-0.15, -0.1) is 0 Å². The second-order valence-electron chi connectivity index (χ2n) is 4.01. The van der Waals surface area contributed by atoms with Crippen molar-refractivity contribution in [3.05, 3.63) is 36.7 Å². The summed E-state index contributed by atoms with van der Waals surface area (Å²) in [5.74, 6) is 0. The van der Waals surface area contributed by atoms with Gasteiger partial charge in [0.1, 0.15) is 0 Å². The van der Waals surface area contributed by atoms with Crippen molar-refractivity contribution in [3.63, 3.8) is 0 Å². The van der Waals surface area contributed by atoms with E-state index in [0.717, 1.165) is 11.2 Å². The number of H-pyrrole nitrogens is 2. The number of aromatic nitrogens is 2. The molecule has 0 saturated carbocycles. The van der Waals surface area contributed by atoms with E-state index in [0.29, 0.717) is 0 Å². The molecule has 2 saturated heterocycles. The maximum Gasteiger partial charge on any atom is 0.652 e. The highest BCUT2D eigenvalue weighted by Gasteiger charge is 2.45. The molecule has 4 heterocycles. The molecule has 4 rings (SSSR count). The van der Waals surface area contributed by atoms with Gasteiger partial charge in [0.25, 0.3) is 0 Å². The fourth-order valence-electron chi connectivity index (χ4n) is 1.68. The van der Waals surface area contributed by atoms with Crippen molar-refractivity contribution in [2.24, 2.45) is 0 Å². The Hall–Kier alpha value is -1.48. The standard InChI is InChI=1S/2C4H4B2FNO2/c2*7-6-9-5(10-6)4-2-1-3-8-4/h2*1-3,8H. The summed E-state index contributed by atoms with van der Waals surface area (Å²) in [7, 11) is -4.17. The van der Waals surface area contributed by atoms with Crippen LogP contribution < -0.4 is 11.2 Å².